The van der Waals surface area contributed by atoms with Gasteiger partial charge in [0.05, 0.1) is 0 Å². The van der Waals surface area contributed by atoms with Crippen molar-refractivity contribution >= 4 is 64.6 Å². The lowest BCUT2D eigenvalue weighted by Gasteiger charge is -2.04. The SMILES string of the molecule is CCc1oc2c(ccc3c2ccc2c(-c4ccc(Br)cc4)c(CC)oc23)c1-c1ccc(Br)cc1. The zero-order chi connectivity index (χ0) is 23.4. The lowest BCUT2D eigenvalue weighted by Crippen LogP contribution is -1.83. The van der Waals surface area contributed by atoms with Gasteiger partial charge < -0.3 is 8.83 Å². The normalized spacial score (nSPS) is 11.8. The fourth-order valence-electron chi connectivity index (χ4n) is 4.98. The predicted octanol–water partition coefficient (Wildman–Crippen LogP) is 10.3. The molecule has 0 saturated heterocycles. The van der Waals surface area contributed by atoms with E-state index in [-0.39, 0.29) is 0 Å². The third-order valence-electron chi connectivity index (χ3n) is 6.56. The van der Waals surface area contributed by atoms with Gasteiger partial charge in [0, 0.05) is 54.5 Å². The first kappa shape index (κ1) is 21.7. The van der Waals surface area contributed by atoms with Crippen molar-refractivity contribution in [2.75, 3.05) is 0 Å². The summed E-state index contributed by atoms with van der Waals surface area (Å²) >= 11 is 7.09. The third kappa shape index (κ3) is 3.35. The van der Waals surface area contributed by atoms with E-state index in [4.69, 9.17) is 8.83 Å². The van der Waals surface area contributed by atoms with Crippen LogP contribution in [0.2, 0.25) is 0 Å². The number of hydrogen-bond donors (Lipinski definition) is 0. The Kier molecular flexibility index (Phi) is 5.39. The molecule has 2 nitrogen and oxygen atoms in total. The minimum atomic E-state index is 0.832. The molecule has 0 radical (unpaired) electrons. The first-order valence-electron chi connectivity index (χ1n) is 11.5. The van der Waals surface area contributed by atoms with Crippen molar-refractivity contribution in [1.82, 2.24) is 0 Å². The van der Waals surface area contributed by atoms with E-state index in [1.54, 1.807) is 0 Å². The zero-order valence-corrected chi connectivity index (χ0v) is 22.1. The van der Waals surface area contributed by atoms with Crippen LogP contribution in [0.4, 0.5) is 0 Å². The molecule has 4 heteroatoms. The monoisotopic (exact) mass is 572 g/mol. The molecular weight excluding hydrogens is 552 g/mol. The molecule has 6 rings (SSSR count). The van der Waals surface area contributed by atoms with Crippen LogP contribution in [-0.4, -0.2) is 0 Å². The number of benzene rings is 4. The second kappa shape index (κ2) is 8.44. The summed E-state index contributed by atoms with van der Waals surface area (Å²) in [5, 5.41) is 4.45. The molecule has 0 aliphatic rings. The molecule has 168 valence electrons. The molecule has 0 atom stereocenters. The largest absolute Gasteiger partial charge is 0.460 e. The third-order valence-corrected chi connectivity index (χ3v) is 7.61. The maximum Gasteiger partial charge on any atom is 0.142 e. The van der Waals surface area contributed by atoms with E-state index in [0.717, 1.165) is 66.0 Å². The Morgan fingerprint density at radius 1 is 0.500 bits per heavy atom. The maximum absolute atomic E-state index is 6.50. The van der Waals surface area contributed by atoms with Gasteiger partial charge in [0.15, 0.2) is 0 Å². The lowest BCUT2D eigenvalue weighted by atomic mass is 9.96. The van der Waals surface area contributed by atoms with Gasteiger partial charge in [0.1, 0.15) is 22.7 Å². The molecule has 0 spiro atoms. The van der Waals surface area contributed by atoms with Crippen LogP contribution >= 0.6 is 31.9 Å². The number of hydrogen-bond acceptors (Lipinski definition) is 2. The van der Waals surface area contributed by atoms with Gasteiger partial charge in [-0.2, -0.15) is 0 Å². The molecule has 0 fully saturated rings. The Morgan fingerprint density at radius 2 is 0.853 bits per heavy atom. The average molecular weight is 574 g/mol. The number of fused-ring (bicyclic) bond motifs is 5. The Hall–Kier alpha value is -2.82. The molecule has 4 aromatic carbocycles. The first-order chi connectivity index (χ1) is 16.6. The molecule has 0 unspecified atom stereocenters. The molecule has 2 heterocycles. The standard InChI is InChI=1S/C30H22Br2O2/c1-3-25-27(17-5-9-19(31)10-6-17)23-15-13-22-21(29(23)33-25)14-16-24-28(26(4-2)34-30(22)24)18-7-11-20(32)12-8-18/h5-16H,3-4H2,1-2H3. The predicted molar refractivity (Wildman–Crippen MR) is 149 cm³/mol. The quantitative estimate of drug-likeness (QED) is 0.210. The molecule has 0 aliphatic carbocycles. The smallest absolute Gasteiger partial charge is 0.142 e. The Bertz CT molecular complexity index is 1540. The van der Waals surface area contributed by atoms with E-state index in [9.17, 15) is 0 Å². The van der Waals surface area contributed by atoms with E-state index >= 15 is 0 Å². The highest BCUT2D eigenvalue weighted by Crippen LogP contribution is 2.43. The Balaban J connectivity index is 1.63. The van der Waals surface area contributed by atoms with Crippen LogP contribution in [0.15, 0.2) is 90.6 Å². The number of halogens is 2. The Morgan fingerprint density at radius 3 is 1.21 bits per heavy atom. The van der Waals surface area contributed by atoms with Crippen LogP contribution in [0.25, 0.3) is 55.0 Å². The van der Waals surface area contributed by atoms with Crippen LogP contribution in [0, 0.1) is 0 Å². The highest BCUT2D eigenvalue weighted by atomic mass is 79.9. The van der Waals surface area contributed by atoms with Gasteiger partial charge in [-0.05, 0) is 59.7 Å². The van der Waals surface area contributed by atoms with Crippen molar-refractivity contribution < 1.29 is 8.83 Å². The zero-order valence-electron chi connectivity index (χ0n) is 18.9. The lowest BCUT2D eigenvalue weighted by molar-refractivity contribution is 0.559. The molecule has 0 bridgehead atoms. The first-order valence-corrected chi connectivity index (χ1v) is 13.1. The van der Waals surface area contributed by atoms with E-state index < -0.39 is 0 Å². The van der Waals surface area contributed by atoms with E-state index in [1.807, 2.05) is 0 Å². The van der Waals surface area contributed by atoms with Crippen molar-refractivity contribution in [1.29, 1.82) is 0 Å². The molecule has 0 N–H and O–H groups in total. The molecule has 6 aromatic rings. The summed E-state index contributed by atoms with van der Waals surface area (Å²) in [7, 11) is 0. The van der Waals surface area contributed by atoms with E-state index in [1.165, 1.54) is 22.3 Å². The van der Waals surface area contributed by atoms with Crippen molar-refractivity contribution in [3.05, 3.63) is 93.3 Å². The number of aryl methyl sites for hydroxylation is 2. The summed E-state index contributed by atoms with van der Waals surface area (Å²) in [6.07, 6.45) is 1.66. The summed E-state index contributed by atoms with van der Waals surface area (Å²) in [4.78, 5) is 0. The van der Waals surface area contributed by atoms with Gasteiger partial charge in [-0.1, -0.05) is 70.0 Å². The van der Waals surface area contributed by atoms with E-state index in [2.05, 4.69) is 119 Å². The summed E-state index contributed by atoms with van der Waals surface area (Å²) < 4.78 is 15.1. The van der Waals surface area contributed by atoms with Crippen LogP contribution in [-0.2, 0) is 12.8 Å². The number of rotatable bonds is 4. The molecule has 0 amide bonds. The molecular formula is C30H22Br2O2. The summed E-state index contributed by atoms with van der Waals surface area (Å²) in [6, 6.07) is 25.6. The van der Waals surface area contributed by atoms with Gasteiger partial charge in [0.25, 0.3) is 0 Å². The minimum Gasteiger partial charge on any atom is -0.460 e. The fraction of sp³-hybridized carbons (Fsp3) is 0.133. The second-order valence-corrected chi connectivity index (χ2v) is 10.3. The van der Waals surface area contributed by atoms with E-state index in [0.29, 0.717) is 0 Å². The summed E-state index contributed by atoms with van der Waals surface area (Å²) in [6.45, 7) is 4.29. The topological polar surface area (TPSA) is 26.3 Å². The van der Waals surface area contributed by atoms with Crippen LogP contribution in [0.5, 0.6) is 0 Å². The van der Waals surface area contributed by atoms with Gasteiger partial charge in [0.2, 0.25) is 0 Å². The highest BCUT2D eigenvalue weighted by Gasteiger charge is 2.21. The van der Waals surface area contributed by atoms with Gasteiger partial charge in [-0.3, -0.25) is 0 Å². The van der Waals surface area contributed by atoms with Gasteiger partial charge in [-0.15, -0.1) is 0 Å². The van der Waals surface area contributed by atoms with Gasteiger partial charge >= 0.3 is 0 Å². The summed E-state index contributed by atoms with van der Waals surface area (Å²) in [5.74, 6) is 2.02. The number of furan rings is 2. The van der Waals surface area contributed by atoms with Crippen molar-refractivity contribution in [2.24, 2.45) is 0 Å². The molecule has 34 heavy (non-hydrogen) atoms. The molecule has 0 aliphatic heterocycles. The van der Waals surface area contributed by atoms with Crippen LogP contribution in [0.1, 0.15) is 25.4 Å². The van der Waals surface area contributed by atoms with Crippen molar-refractivity contribution in [3.63, 3.8) is 0 Å². The fourth-order valence-corrected chi connectivity index (χ4v) is 5.51. The molecule has 0 saturated carbocycles. The minimum absolute atomic E-state index is 0.832. The van der Waals surface area contributed by atoms with Crippen LogP contribution < -0.4 is 0 Å². The van der Waals surface area contributed by atoms with Crippen LogP contribution in [0.3, 0.4) is 0 Å². The Labute approximate surface area is 214 Å². The van der Waals surface area contributed by atoms with Crippen molar-refractivity contribution in [2.45, 2.75) is 26.7 Å². The van der Waals surface area contributed by atoms with Crippen molar-refractivity contribution in [3.8, 4) is 22.3 Å². The molecule has 2 aromatic heterocycles. The van der Waals surface area contributed by atoms with Gasteiger partial charge in [-0.25, -0.2) is 0 Å². The second-order valence-electron chi connectivity index (χ2n) is 8.50. The summed E-state index contributed by atoms with van der Waals surface area (Å²) in [5.41, 5.74) is 6.54. The highest BCUT2D eigenvalue weighted by molar-refractivity contribution is 9.10. The maximum atomic E-state index is 6.50. The average Bonchev–Trinajstić information content (AvgIpc) is 3.43.